The number of hydrogen-bond donors (Lipinski definition) is 0. The molecule has 1 N–H and O–H groups in total. The maximum atomic E-state index is 7.95. The van der Waals surface area contributed by atoms with Gasteiger partial charge in [0.1, 0.15) is 0 Å². The molecule has 0 saturated heterocycles. The third kappa shape index (κ3) is 5.13. The largest absolute Gasteiger partial charge is 0.480 e. The summed E-state index contributed by atoms with van der Waals surface area (Å²) < 4.78 is 4.32. The maximum Gasteiger partial charge on any atom is 0.0958 e. The number of rotatable bonds is 4. The first-order chi connectivity index (χ1) is 16.9. The minimum absolute atomic E-state index is 0. The van der Waals surface area contributed by atoms with Gasteiger partial charge in [-0.15, -0.1) is 0 Å². The standard InChI is InChI=1S/C14H15N4.C14H14N3.Y/c1-9(2)7-18-8-16-12-13(18)10-5-3-4-6-11(10)17-14(12)15;1-10(2)8-17-9-16-13-7-15-12-6-4-3-5-11(12)14(13)17;/h3-6,8-9H,7H2,1-2H3,(H-,15,17);3-6,9-10H,8H2,1-2H3;/q2*-1;. The molecule has 6 aromatic rings. The molecule has 0 aliphatic rings. The third-order valence-electron chi connectivity index (χ3n) is 5.86. The van der Waals surface area contributed by atoms with E-state index >= 15 is 0 Å². The normalized spacial score (nSPS) is 11.4. The zero-order valence-electron chi connectivity index (χ0n) is 21.1. The van der Waals surface area contributed by atoms with Crippen LogP contribution < -0.4 is 0 Å². The smallest absolute Gasteiger partial charge is 0.0958 e. The van der Waals surface area contributed by atoms with Crippen LogP contribution in [0.2, 0.25) is 0 Å². The molecule has 0 fully saturated rings. The number of para-hydroxylation sites is 2. The van der Waals surface area contributed by atoms with E-state index in [0.29, 0.717) is 17.4 Å². The Morgan fingerprint density at radius 2 is 1.33 bits per heavy atom. The third-order valence-corrected chi connectivity index (χ3v) is 5.86. The van der Waals surface area contributed by atoms with E-state index in [-0.39, 0.29) is 38.5 Å². The van der Waals surface area contributed by atoms with Crippen LogP contribution in [0.5, 0.6) is 0 Å². The number of aromatic nitrogens is 6. The van der Waals surface area contributed by atoms with E-state index in [9.17, 15) is 0 Å². The number of hydrogen-bond acceptors (Lipinski definition) is 4. The Morgan fingerprint density at radius 1 is 0.778 bits per heavy atom. The van der Waals surface area contributed by atoms with Crippen molar-refractivity contribution in [1.29, 1.82) is 0 Å². The molecule has 36 heavy (non-hydrogen) atoms. The molecule has 0 unspecified atom stereocenters. The van der Waals surface area contributed by atoms with Crippen molar-refractivity contribution in [3.05, 3.63) is 73.1 Å². The fourth-order valence-electron chi connectivity index (χ4n) is 4.48. The molecule has 0 aliphatic carbocycles. The fourth-order valence-corrected chi connectivity index (χ4v) is 4.48. The summed E-state index contributed by atoms with van der Waals surface area (Å²) in [5, 5.41) is 2.22. The van der Waals surface area contributed by atoms with Gasteiger partial charge in [0, 0.05) is 51.2 Å². The number of imidazole rings is 2. The van der Waals surface area contributed by atoms with Gasteiger partial charge in [-0.1, -0.05) is 87.8 Å². The Balaban J connectivity index is 0.000000165. The molecule has 0 amide bonds. The van der Waals surface area contributed by atoms with Crippen LogP contribution in [0.1, 0.15) is 27.7 Å². The average molecular weight is 552 g/mol. The predicted molar refractivity (Wildman–Crippen MR) is 143 cm³/mol. The summed E-state index contributed by atoms with van der Waals surface area (Å²) >= 11 is 0. The number of fused-ring (bicyclic) bond motifs is 6. The Kier molecular flexibility index (Phi) is 8.01. The Morgan fingerprint density at radius 3 is 2.00 bits per heavy atom. The van der Waals surface area contributed by atoms with Crippen molar-refractivity contribution < 1.29 is 32.7 Å². The van der Waals surface area contributed by atoms with E-state index < -0.39 is 0 Å². The zero-order valence-corrected chi connectivity index (χ0v) is 23.9. The Bertz CT molecular complexity index is 1630. The van der Waals surface area contributed by atoms with E-state index in [1.807, 2.05) is 55.1 Å². The molecule has 1 radical (unpaired) electrons. The summed E-state index contributed by atoms with van der Waals surface area (Å²) in [7, 11) is 0. The van der Waals surface area contributed by atoms with Crippen molar-refractivity contribution in [2.45, 2.75) is 40.8 Å². The van der Waals surface area contributed by atoms with Crippen LogP contribution in [-0.4, -0.2) is 29.1 Å². The molecule has 8 heteroatoms. The summed E-state index contributed by atoms with van der Waals surface area (Å²) in [6.45, 7) is 10.6. The number of nitrogens with one attached hydrogen (secondary N) is 1. The summed E-state index contributed by atoms with van der Waals surface area (Å²) in [4.78, 5) is 17.3. The fraction of sp³-hybridized carbons (Fsp3) is 0.286. The second kappa shape index (κ2) is 11.0. The minimum atomic E-state index is 0. The van der Waals surface area contributed by atoms with Gasteiger partial charge in [-0.2, -0.15) is 0 Å². The molecule has 2 aromatic carbocycles. The molecule has 181 valence electrons. The van der Waals surface area contributed by atoms with Crippen LogP contribution in [0.25, 0.3) is 49.6 Å². The topological polar surface area (TPSA) is 85.2 Å². The van der Waals surface area contributed by atoms with Gasteiger partial charge < -0.3 is 24.8 Å². The van der Waals surface area contributed by atoms with E-state index in [4.69, 9.17) is 5.73 Å². The minimum Gasteiger partial charge on any atom is -0.480 e. The van der Waals surface area contributed by atoms with Crippen molar-refractivity contribution >= 4 is 49.7 Å². The molecule has 0 aliphatic heterocycles. The number of nitrogens with zero attached hydrogens (tertiary/aromatic N) is 6. The molecule has 4 aromatic heterocycles. The van der Waals surface area contributed by atoms with Crippen LogP contribution in [0.3, 0.4) is 0 Å². The molecule has 7 nitrogen and oxygen atoms in total. The Labute approximate surface area is 236 Å². The van der Waals surface area contributed by atoms with E-state index in [1.165, 1.54) is 0 Å². The predicted octanol–water partition coefficient (Wildman–Crippen LogP) is 6.96. The zero-order chi connectivity index (χ0) is 24.5. The van der Waals surface area contributed by atoms with Gasteiger partial charge in [-0.25, -0.2) is 4.98 Å². The molecule has 6 rings (SSSR count). The second-order valence-electron chi connectivity index (χ2n) is 9.69. The first-order valence-electron chi connectivity index (χ1n) is 12.0. The van der Waals surface area contributed by atoms with Gasteiger partial charge in [0.2, 0.25) is 0 Å². The summed E-state index contributed by atoms with van der Waals surface area (Å²) in [5.74, 6) is 1.40. The van der Waals surface area contributed by atoms with Crippen molar-refractivity contribution in [1.82, 2.24) is 29.1 Å². The van der Waals surface area contributed by atoms with Gasteiger partial charge in [-0.3, -0.25) is 4.98 Å². The van der Waals surface area contributed by atoms with Gasteiger partial charge in [-0.05, 0) is 39.7 Å². The van der Waals surface area contributed by atoms with Crippen LogP contribution in [0.4, 0.5) is 5.82 Å². The molecule has 4 heterocycles. The quantitative estimate of drug-likeness (QED) is 0.221. The Hall–Kier alpha value is -2.90. The van der Waals surface area contributed by atoms with Crippen LogP contribution in [0.15, 0.2) is 61.2 Å². The first kappa shape index (κ1) is 26.2. The molecular formula is C28H29N7Y-2. The second-order valence-corrected chi connectivity index (χ2v) is 9.69. The van der Waals surface area contributed by atoms with Crippen molar-refractivity contribution in [3.8, 4) is 0 Å². The average Bonchev–Trinajstić information content (AvgIpc) is 3.44. The molecule has 0 spiro atoms. The maximum absolute atomic E-state index is 7.95. The SMILES string of the molecule is CC(C)Cn1cnc2[c-]nc3ccccc3c21.CC(C)Cn1cnc2c([NH-])nc3ccccc3c21.[Y]. The summed E-state index contributed by atoms with van der Waals surface area (Å²) in [6, 6.07) is 16.1. The van der Waals surface area contributed by atoms with E-state index in [2.05, 4.69) is 69.0 Å². The molecular weight excluding hydrogens is 523 g/mol. The van der Waals surface area contributed by atoms with E-state index in [0.717, 1.165) is 51.4 Å². The number of pyridine rings is 2. The van der Waals surface area contributed by atoms with Crippen LogP contribution in [-0.2, 0) is 45.8 Å². The van der Waals surface area contributed by atoms with Gasteiger partial charge >= 0.3 is 0 Å². The van der Waals surface area contributed by atoms with Crippen molar-refractivity contribution in [3.63, 3.8) is 0 Å². The summed E-state index contributed by atoms with van der Waals surface area (Å²) in [5.41, 5.74) is 13.5. The van der Waals surface area contributed by atoms with Crippen molar-refractivity contribution in [2.75, 3.05) is 0 Å². The number of benzene rings is 2. The van der Waals surface area contributed by atoms with Gasteiger partial charge in [0.25, 0.3) is 0 Å². The van der Waals surface area contributed by atoms with Gasteiger partial charge in [0.15, 0.2) is 0 Å². The van der Waals surface area contributed by atoms with Crippen LogP contribution >= 0.6 is 0 Å². The molecule has 0 atom stereocenters. The molecule has 0 saturated carbocycles. The summed E-state index contributed by atoms with van der Waals surface area (Å²) in [6.07, 6.45) is 6.71. The van der Waals surface area contributed by atoms with Gasteiger partial charge in [0.05, 0.1) is 23.7 Å². The molecule has 0 bridgehead atoms. The van der Waals surface area contributed by atoms with Crippen molar-refractivity contribution in [2.24, 2.45) is 11.8 Å². The monoisotopic (exact) mass is 552 g/mol. The van der Waals surface area contributed by atoms with Crippen LogP contribution in [0, 0.1) is 18.0 Å². The first-order valence-corrected chi connectivity index (χ1v) is 12.0. The van der Waals surface area contributed by atoms with E-state index in [1.54, 1.807) is 0 Å².